The van der Waals surface area contributed by atoms with Crippen LogP contribution in [0.5, 0.6) is 0 Å². The molecule has 0 radical (unpaired) electrons. The van der Waals surface area contributed by atoms with Crippen LogP contribution < -0.4 is 5.32 Å². The predicted octanol–water partition coefficient (Wildman–Crippen LogP) is 5.50. The highest BCUT2D eigenvalue weighted by atomic mass is 19.3. The normalized spacial score (nSPS) is 21.2. The number of benzene rings is 1. The average Bonchev–Trinajstić information content (AvgIpc) is 3.32. The molecule has 36 heavy (non-hydrogen) atoms. The second-order valence-corrected chi connectivity index (χ2v) is 10.5. The van der Waals surface area contributed by atoms with Crippen molar-refractivity contribution >= 4 is 5.91 Å². The van der Waals surface area contributed by atoms with Crippen LogP contribution in [-0.4, -0.2) is 50.6 Å². The number of amides is 1. The van der Waals surface area contributed by atoms with Crippen LogP contribution in [0.2, 0.25) is 0 Å². The van der Waals surface area contributed by atoms with Crippen LogP contribution in [-0.2, 0) is 17.6 Å². The molecule has 1 unspecified atom stereocenters. The van der Waals surface area contributed by atoms with Crippen molar-refractivity contribution in [2.45, 2.75) is 103 Å². The van der Waals surface area contributed by atoms with Gasteiger partial charge in [-0.3, -0.25) is 4.79 Å². The van der Waals surface area contributed by atoms with E-state index in [0.717, 1.165) is 62.4 Å². The molecule has 1 aromatic carbocycles. The fourth-order valence-corrected chi connectivity index (χ4v) is 5.70. The van der Waals surface area contributed by atoms with E-state index in [0.29, 0.717) is 6.04 Å². The summed E-state index contributed by atoms with van der Waals surface area (Å²) < 4.78 is 29.4. The van der Waals surface area contributed by atoms with Crippen LogP contribution in [0, 0.1) is 5.92 Å². The molecule has 0 spiro atoms. The van der Waals surface area contributed by atoms with Crippen LogP contribution in [0.1, 0.15) is 95.0 Å². The molecule has 6 nitrogen and oxygen atoms in total. The molecule has 1 saturated carbocycles. The Morgan fingerprint density at radius 1 is 1.08 bits per heavy atom. The highest BCUT2D eigenvalue weighted by Crippen LogP contribution is 2.37. The van der Waals surface area contributed by atoms with Gasteiger partial charge in [0.25, 0.3) is 0 Å². The number of aromatic nitrogens is 3. The van der Waals surface area contributed by atoms with E-state index in [1.54, 1.807) is 0 Å². The second kappa shape index (κ2) is 11.8. The van der Waals surface area contributed by atoms with Crippen LogP contribution >= 0.6 is 0 Å². The maximum Gasteiger partial charge on any atom is 0.248 e. The summed E-state index contributed by atoms with van der Waals surface area (Å²) in [5.41, 5.74) is 1.07. The van der Waals surface area contributed by atoms with Crippen molar-refractivity contribution < 1.29 is 13.6 Å². The molecular formula is C28H41F2N5O. The SMILES string of the molecule is CCc1nc(CC)n(C2CCN(C(C)C[C@H](NC(=O)C3CCC(F)(F)CC3)c3ccccc3)CC2)n1. The van der Waals surface area contributed by atoms with Crippen molar-refractivity contribution in [2.75, 3.05) is 13.1 Å². The molecule has 4 rings (SSSR count). The minimum atomic E-state index is -2.63. The standard InChI is InChI=1S/C28H41F2N5O/c1-4-25-32-26(5-2)35(33-25)23-13-17-34(18-14-23)20(3)19-24(21-9-7-6-8-10-21)31-27(36)22-11-15-28(29,30)16-12-22/h6-10,20,22-24H,4-5,11-19H2,1-3H3,(H,31,36)/t20?,24-/m0/s1. The van der Waals surface area contributed by atoms with E-state index in [9.17, 15) is 13.6 Å². The van der Waals surface area contributed by atoms with Crippen molar-refractivity contribution in [1.29, 1.82) is 0 Å². The first-order chi connectivity index (χ1) is 17.3. The highest BCUT2D eigenvalue weighted by Gasteiger charge is 2.38. The summed E-state index contributed by atoms with van der Waals surface area (Å²) >= 11 is 0. The van der Waals surface area contributed by atoms with E-state index in [4.69, 9.17) is 5.10 Å². The lowest BCUT2D eigenvalue weighted by Gasteiger charge is -2.38. The van der Waals surface area contributed by atoms with Crippen molar-refractivity contribution in [3.63, 3.8) is 0 Å². The number of rotatable bonds is 9. The molecule has 1 N–H and O–H groups in total. The molecule has 8 heteroatoms. The Morgan fingerprint density at radius 3 is 2.36 bits per heavy atom. The van der Waals surface area contributed by atoms with Gasteiger partial charge in [-0.25, -0.2) is 18.4 Å². The number of aryl methyl sites for hydroxylation is 2. The zero-order valence-electron chi connectivity index (χ0n) is 21.9. The summed E-state index contributed by atoms with van der Waals surface area (Å²) in [6.45, 7) is 8.40. The zero-order valence-corrected chi connectivity index (χ0v) is 21.9. The fourth-order valence-electron chi connectivity index (χ4n) is 5.70. The maximum atomic E-state index is 13.6. The van der Waals surface area contributed by atoms with Crippen molar-refractivity contribution in [1.82, 2.24) is 25.0 Å². The summed E-state index contributed by atoms with van der Waals surface area (Å²) in [6.07, 6.45) is 4.70. The first-order valence-corrected chi connectivity index (χ1v) is 13.7. The van der Waals surface area contributed by atoms with Gasteiger partial charge in [0.1, 0.15) is 5.82 Å². The van der Waals surface area contributed by atoms with Gasteiger partial charge in [-0.1, -0.05) is 44.2 Å². The quantitative estimate of drug-likeness (QED) is 0.493. The van der Waals surface area contributed by atoms with E-state index < -0.39 is 5.92 Å². The van der Waals surface area contributed by atoms with Gasteiger partial charge in [-0.15, -0.1) is 0 Å². The molecule has 1 aromatic heterocycles. The summed E-state index contributed by atoms with van der Waals surface area (Å²) in [4.78, 5) is 20.2. The molecule has 1 aliphatic carbocycles. The molecule has 198 valence electrons. The number of nitrogens with one attached hydrogen (secondary N) is 1. The molecule has 2 fully saturated rings. The summed E-state index contributed by atoms with van der Waals surface area (Å²) in [5, 5.41) is 7.99. The lowest BCUT2D eigenvalue weighted by molar-refractivity contribution is -0.130. The third kappa shape index (κ3) is 6.50. The molecular weight excluding hydrogens is 460 g/mol. The smallest absolute Gasteiger partial charge is 0.248 e. The lowest BCUT2D eigenvalue weighted by atomic mass is 9.85. The Morgan fingerprint density at radius 2 is 1.75 bits per heavy atom. The van der Waals surface area contributed by atoms with Gasteiger partial charge in [0.05, 0.1) is 12.1 Å². The Hall–Kier alpha value is -2.35. The molecule has 2 atom stereocenters. The maximum absolute atomic E-state index is 13.6. The number of halogens is 2. The summed E-state index contributed by atoms with van der Waals surface area (Å²) in [6, 6.07) is 10.5. The Labute approximate surface area is 213 Å². The van der Waals surface area contributed by atoms with Gasteiger partial charge >= 0.3 is 0 Å². The van der Waals surface area contributed by atoms with E-state index in [2.05, 4.69) is 40.7 Å². The number of nitrogens with zero attached hydrogens (tertiary/aromatic N) is 4. The Balaban J connectivity index is 1.37. The monoisotopic (exact) mass is 501 g/mol. The van der Waals surface area contributed by atoms with Crippen molar-refractivity contribution in [3.05, 3.63) is 47.5 Å². The molecule has 1 amide bonds. The van der Waals surface area contributed by atoms with Gasteiger partial charge in [-0.2, -0.15) is 5.10 Å². The van der Waals surface area contributed by atoms with Gasteiger partial charge in [0.15, 0.2) is 5.82 Å². The number of piperidine rings is 1. The third-order valence-corrected chi connectivity index (χ3v) is 8.03. The van der Waals surface area contributed by atoms with Crippen LogP contribution in [0.15, 0.2) is 30.3 Å². The Kier molecular flexibility index (Phi) is 8.75. The van der Waals surface area contributed by atoms with Gasteiger partial charge in [-0.05, 0) is 44.6 Å². The zero-order chi connectivity index (χ0) is 25.7. The number of carbonyl (C=O) groups is 1. The molecule has 1 saturated heterocycles. The van der Waals surface area contributed by atoms with Crippen LogP contribution in [0.4, 0.5) is 8.78 Å². The van der Waals surface area contributed by atoms with Crippen molar-refractivity contribution in [2.24, 2.45) is 5.92 Å². The molecule has 1 aliphatic heterocycles. The number of hydrogen-bond acceptors (Lipinski definition) is 4. The highest BCUT2D eigenvalue weighted by molar-refractivity contribution is 5.79. The van der Waals surface area contributed by atoms with Gasteiger partial charge < -0.3 is 10.2 Å². The van der Waals surface area contributed by atoms with E-state index in [1.807, 2.05) is 30.3 Å². The predicted molar refractivity (Wildman–Crippen MR) is 137 cm³/mol. The molecule has 2 aromatic rings. The van der Waals surface area contributed by atoms with E-state index in [1.165, 1.54) is 0 Å². The molecule has 2 aliphatic rings. The number of likely N-dealkylation sites (tertiary alicyclic amines) is 1. The van der Waals surface area contributed by atoms with E-state index >= 15 is 0 Å². The fraction of sp³-hybridized carbons (Fsp3) is 0.679. The first kappa shape index (κ1) is 26.7. The minimum absolute atomic E-state index is 0.0877. The van der Waals surface area contributed by atoms with Crippen molar-refractivity contribution in [3.8, 4) is 0 Å². The van der Waals surface area contributed by atoms with Crippen LogP contribution in [0.3, 0.4) is 0 Å². The van der Waals surface area contributed by atoms with Crippen LogP contribution in [0.25, 0.3) is 0 Å². The topological polar surface area (TPSA) is 63.1 Å². The number of hydrogen-bond donors (Lipinski definition) is 1. The molecule has 2 heterocycles. The lowest BCUT2D eigenvalue weighted by Crippen LogP contribution is -2.44. The summed E-state index contributed by atoms with van der Waals surface area (Å²) in [5.74, 6) is -1.05. The molecule has 0 bridgehead atoms. The second-order valence-electron chi connectivity index (χ2n) is 10.5. The van der Waals surface area contributed by atoms with Gasteiger partial charge in [0, 0.05) is 50.7 Å². The van der Waals surface area contributed by atoms with Gasteiger partial charge in [0.2, 0.25) is 11.8 Å². The number of carbonyl (C=O) groups excluding carboxylic acids is 1. The number of alkyl halides is 2. The summed E-state index contributed by atoms with van der Waals surface area (Å²) in [7, 11) is 0. The third-order valence-electron chi connectivity index (χ3n) is 8.03. The largest absolute Gasteiger partial charge is 0.349 e. The average molecular weight is 502 g/mol. The van der Waals surface area contributed by atoms with E-state index in [-0.39, 0.29) is 49.6 Å². The first-order valence-electron chi connectivity index (χ1n) is 13.7. The Bertz CT molecular complexity index is 977. The minimum Gasteiger partial charge on any atom is -0.349 e.